The van der Waals surface area contributed by atoms with E-state index in [1.54, 1.807) is 0 Å². The Labute approximate surface area is 55.9 Å². The highest BCUT2D eigenvalue weighted by Crippen LogP contribution is 2.06. The van der Waals surface area contributed by atoms with E-state index < -0.39 is 12.8 Å². The zero-order valence-electron chi connectivity index (χ0n) is 6.10. The van der Waals surface area contributed by atoms with Gasteiger partial charge in [0.05, 0.1) is 6.10 Å². The lowest BCUT2D eigenvalue weighted by Crippen LogP contribution is -2.09. The van der Waals surface area contributed by atoms with Crippen LogP contribution in [0.4, 0.5) is 4.39 Å². The Kier molecular flexibility index (Phi) is 4.68. The van der Waals surface area contributed by atoms with E-state index >= 15 is 0 Å². The SMILES string of the molecule is CC(C)CCC(O)CF. The fourth-order valence-electron chi connectivity index (χ4n) is 0.603. The van der Waals surface area contributed by atoms with Crippen molar-refractivity contribution < 1.29 is 9.50 Å². The fourth-order valence-corrected chi connectivity index (χ4v) is 0.603. The molecule has 0 bridgehead atoms. The minimum Gasteiger partial charge on any atom is -0.390 e. The van der Waals surface area contributed by atoms with Crippen LogP contribution in [0.3, 0.4) is 0 Å². The van der Waals surface area contributed by atoms with Crippen molar-refractivity contribution in [3.05, 3.63) is 0 Å². The van der Waals surface area contributed by atoms with Gasteiger partial charge in [0.15, 0.2) is 0 Å². The van der Waals surface area contributed by atoms with Crippen LogP contribution in [-0.2, 0) is 0 Å². The van der Waals surface area contributed by atoms with Crippen LogP contribution < -0.4 is 0 Å². The molecular weight excluding hydrogens is 119 g/mol. The second-order valence-corrected chi connectivity index (χ2v) is 2.78. The van der Waals surface area contributed by atoms with Gasteiger partial charge in [-0.3, -0.25) is 0 Å². The molecule has 0 aromatic rings. The summed E-state index contributed by atoms with van der Waals surface area (Å²) < 4.78 is 11.6. The van der Waals surface area contributed by atoms with E-state index in [1.165, 1.54) is 0 Å². The first-order valence-electron chi connectivity index (χ1n) is 3.40. The predicted octanol–water partition coefficient (Wildman–Crippen LogP) is 1.75. The number of halogens is 1. The molecule has 0 aromatic heterocycles. The molecule has 0 saturated heterocycles. The summed E-state index contributed by atoms with van der Waals surface area (Å²) in [6.45, 7) is 3.52. The molecule has 1 unspecified atom stereocenters. The smallest absolute Gasteiger partial charge is 0.115 e. The van der Waals surface area contributed by atoms with Gasteiger partial charge in [-0.05, 0) is 18.8 Å². The molecule has 9 heavy (non-hydrogen) atoms. The second-order valence-electron chi connectivity index (χ2n) is 2.78. The van der Waals surface area contributed by atoms with Crippen molar-refractivity contribution in [1.82, 2.24) is 0 Å². The second kappa shape index (κ2) is 4.74. The normalized spacial score (nSPS) is 14.3. The van der Waals surface area contributed by atoms with Gasteiger partial charge < -0.3 is 5.11 Å². The van der Waals surface area contributed by atoms with E-state index in [4.69, 9.17) is 5.11 Å². The molecule has 0 aromatic carbocycles. The number of hydrogen-bond acceptors (Lipinski definition) is 1. The third-order valence-electron chi connectivity index (χ3n) is 1.26. The van der Waals surface area contributed by atoms with E-state index in [0.717, 1.165) is 6.42 Å². The molecule has 1 nitrogen and oxygen atoms in total. The Morgan fingerprint density at radius 1 is 1.33 bits per heavy atom. The quantitative estimate of drug-likeness (QED) is 0.621. The average Bonchev–Trinajstić information content (AvgIpc) is 1.83. The summed E-state index contributed by atoms with van der Waals surface area (Å²) in [5, 5.41) is 8.73. The van der Waals surface area contributed by atoms with Crippen molar-refractivity contribution >= 4 is 0 Å². The molecule has 0 aliphatic carbocycles. The van der Waals surface area contributed by atoms with Crippen molar-refractivity contribution in [1.29, 1.82) is 0 Å². The van der Waals surface area contributed by atoms with Crippen LogP contribution in [0, 0.1) is 5.92 Å². The van der Waals surface area contributed by atoms with Crippen molar-refractivity contribution in [3.63, 3.8) is 0 Å². The summed E-state index contributed by atoms with van der Waals surface area (Å²) in [4.78, 5) is 0. The van der Waals surface area contributed by atoms with Crippen molar-refractivity contribution in [3.8, 4) is 0 Å². The standard InChI is InChI=1S/C7H15FO/c1-6(2)3-4-7(9)5-8/h6-7,9H,3-5H2,1-2H3. The highest BCUT2D eigenvalue weighted by Gasteiger charge is 2.03. The fraction of sp³-hybridized carbons (Fsp3) is 1.00. The number of aliphatic hydroxyl groups is 1. The van der Waals surface area contributed by atoms with Crippen molar-refractivity contribution in [2.24, 2.45) is 5.92 Å². The molecule has 56 valence electrons. The van der Waals surface area contributed by atoms with Crippen LogP contribution in [0.1, 0.15) is 26.7 Å². The maximum atomic E-state index is 11.6. The van der Waals surface area contributed by atoms with E-state index in [2.05, 4.69) is 13.8 Å². The third-order valence-corrected chi connectivity index (χ3v) is 1.26. The minimum absolute atomic E-state index is 0.561. The van der Waals surface area contributed by atoms with Crippen LogP contribution in [0.2, 0.25) is 0 Å². The van der Waals surface area contributed by atoms with Gasteiger partial charge in [0.2, 0.25) is 0 Å². The van der Waals surface area contributed by atoms with Gasteiger partial charge in [-0.2, -0.15) is 0 Å². The molecule has 0 saturated carbocycles. The van der Waals surface area contributed by atoms with E-state index in [0.29, 0.717) is 12.3 Å². The Balaban J connectivity index is 3.06. The summed E-state index contributed by atoms with van der Waals surface area (Å²) in [5.41, 5.74) is 0. The van der Waals surface area contributed by atoms with E-state index in [1.807, 2.05) is 0 Å². The molecule has 0 amide bonds. The lowest BCUT2D eigenvalue weighted by molar-refractivity contribution is 0.124. The molecule has 0 aliphatic rings. The molecular formula is C7H15FO. The molecule has 0 rings (SSSR count). The summed E-state index contributed by atoms with van der Waals surface area (Å²) in [6.07, 6.45) is 0.770. The van der Waals surface area contributed by atoms with Crippen molar-refractivity contribution in [2.45, 2.75) is 32.8 Å². The molecule has 0 heterocycles. The van der Waals surface area contributed by atoms with E-state index in [-0.39, 0.29) is 0 Å². The Morgan fingerprint density at radius 3 is 2.22 bits per heavy atom. The summed E-state index contributed by atoms with van der Waals surface area (Å²) in [6, 6.07) is 0. The van der Waals surface area contributed by atoms with Gasteiger partial charge in [0.1, 0.15) is 6.67 Å². The van der Waals surface area contributed by atoms with Crippen LogP contribution in [0.25, 0.3) is 0 Å². The minimum atomic E-state index is -0.729. The molecule has 1 N–H and O–H groups in total. The topological polar surface area (TPSA) is 20.2 Å². The zero-order valence-corrected chi connectivity index (χ0v) is 6.10. The van der Waals surface area contributed by atoms with Gasteiger partial charge >= 0.3 is 0 Å². The molecule has 0 radical (unpaired) electrons. The average molecular weight is 134 g/mol. The molecule has 1 atom stereocenters. The first kappa shape index (κ1) is 8.89. The number of aliphatic hydroxyl groups excluding tert-OH is 1. The molecule has 0 aliphatic heterocycles. The zero-order chi connectivity index (χ0) is 7.28. The Morgan fingerprint density at radius 2 is 1.89 bits per heavy atom. The lowest BCUT2D eigenvalue weighted by Gasteiger charge is -2.06. The summed E-state index contributed by atoms with van der Waals surface area (Å²) in [5.74, 6) is 0.561. The van der Waals surface area contributed by atoms with Gasteiger partial charge in [0, 0.05) is 0 Å². The van der Waals surface area contributed by atoms with Gasteiger partial charge in [-0.15, -0.1) is 0 Å². The van der Waals surface area contributed by atoms with Gasteiger partial charge in [0.25, 0.3) is 0 Å². The van der Waals surface area contributed by atoms with Gasteiger partial charge in [-0.1, -0.05) is 13.8 Å². The Bertz CT molecular complexity index is 63.9. The number of rotatable bonds is 4. The Hall–Kier alpha value is -0.110. The molecule has 0 spiro atoms. The first-order valence-corrected chi connectivity index (χ1v) is 3.40. The predicted molar refractivity (Wildman–Crippen MR) is 36.1 cm³/mol. The van der Waals surface area contributed by atoms with Crippen LogP contribution >= 0.6 is 0 Å². The third kappa shape index (κ3) is 5.77. The molecule has 2 heteroatoms. The van der Waals surface area contributed by atoms with Gasteiger partial charge in [-0.25, -0.2) is 4.39 Å². The maximum Gasteiger partial charge on any atom is 0.115 e. The number of alkyl halides is 1. The maximum absolute atomic E-state index is 11.6. The number of hydrogen-bond donors (Lipinski definition) is 1. The highest BCUT2D eigenvalue weighted by atomic mass is 19.1. The monoisotopic (exact) mass is 134 g/mol. The van der Waals surface area contributed by atoms with E-state index in [9.17, 15) is 4.39 Å². The highest BCUT2D eigenvalue weighted by molar-refractivity contribution is 4.54. The summed E-state index contributed by atoms with van der Waals surface area (Å²) in [7, 11) is 0. The van der Waals surface area contributed by atoms with Crippen LogP contribution in [0.5, 0.6) is 0 Å². The largest absolute Gasteiger partial charge is 0.390 e. The lowest BCUT2D eigenvalue weighted by atomic mass is 10.1. The molecule has 0 fully saturated rings. The van der Waals surface area contributed by atoms with Crippen molar-refractivity contribution in [2.75, 3.05) is 6.67 Å². The summed E-state index contributed by atoms with van der Waals surface area (Å²) >= 11 is 0. The van der Waals surface area contributed by atoms with Crippen LogP contribution in [0.15, 0.2) is 0 Å². The van der Waals surface area contributed by atoms with Crippen LogP contribution in [-0.4, -0.2) is 17.9 Å². The first-order chi connectivity index (χ1) is 4.16.